The molecule has 1 aliphatic heterocycles. The molecule has 4 heteroatoms. The summed E-state index contributed by atoms with van der Waals surface area (Å²) in [4.78, 5) is 24.3. The Morgan fingerprint density at radius 2 is 1.93 bits per heavy atom. The third-order valence-electron chi connectivity index (χ3n) is 2.46. The van der Waals surface area contributed by atoms with E-state index in [1.54, 1.807) is 0 Å². The van der Waals surface area contributed by atoms with Crippen molar-refractivity contribution < 1.29 is 9.59 Å². The molecule has 1 heterocycles. The van der Waals surface area contributed by atoms with Gasteiger partial charge in [-0.25, -0.2) is 0 Å². The summed E-state index contributed by atoms with van der Waals surface area (Å²) in [5, 5.41) is 0. The van der Waals surface area contributed by atoms with Crippen LogP contribution in [-0.4, -0.2) is 29.3 Å². The molecule has 0 saturated carbocycles. The number of nitrogens with two attached hydrogens (primary N) is 1. The highest BCUT2D eigenvalue weighted by molar-refractivity contribution is 5.97. The average Bonchev–Trinajstić information content (AvgIpc) is 2.01. The zero-order valence-corrected chi connectivity index (χ0v) is 8.82. The van der Waals surface area contributed by atoms with Crippen molar-refractivity contribution in [3.8, 4) is 0 Å². The highest BCUT2D eigenvalue weighted by Crippen LogP contribution is 2.18. The second-order valence-corrected chi connectivity index (χ2v) is 4.22. The maximum atomic E-state index is 11.5. The number of imide groups is 1. The molecule has 1 rings (SSSR count). The van der Waals surface area contributed by atoms with Crippen molar-refractivity contribution >= 4 is 11.8 Å². The predicted molar refractivity (Wildman–Crippen MR) is 53.4 cm³/mol. The number of nitrogens with zero attached hydrogens (tertiary/aromatic N) is 1. The first-order valence-electron chi connectivity index (χ1n) is 5.09. The van der Waals surface area contributed by atoms with Crippen LogP contribution < -0.4 is 5.73 Å². The SMILES string of the molecule is CC(N)CCN1C(=O)CC(C)CC1=O. The molecule has 4 nitrogen and oxygen atoms in total. The number of hydrogen-bond donors (Lipinski definition) is 1. The van der Waals surface area contributed by atoms with E-state index in [0.717, 1.165) is 0 Å². The van der Waals surface area contributed by atoms with Gasteiger partial charge in [-0.3, -0.25) is 14.5 Å². The number of hydrogen-bond acceptors (Lipinski definition) is 3. The van der Waals surface area contributed by atoms with Crippen LogP contribution in [0, 0.1) is 5.92 Å². The van der Waals surface area contributed by atoms with Crippen molar-refractivity contribution in [1.29, 1.82) is 0 Å². The molecule has 1 saturated heterocycles. The summed E-state index contributed by atoms with van der Waals surface area (Å²) in [7, 11) is 0. The van der Waals surface area contributed by atoms with Gasteiger partial charge in [-0.15, -0.1) is 0 Å². The lowest BCUT2D eigenvalue weighted by atomic mass is 9.97. The monoisotopic (exact) mass is 198 g/mol. The molecule has 0 radical (unpaired) electrons. The predicted octanol–water partition coefficient (Wildman–Crippen LogP) is 0.509. The summed E-state index contributed by atoms with van der Waals surface area (Å²) >= 11 is 0. The second-order valence-electron chi connectivity index (χ2n) is 4.22. The van der Waals surface area contributed by atoms with Gasteiger partial charge in [0.1, 0.15) is 0 Å². The lowest BCUT2D eigenvalue weighted by Gasteiger charge is -2.28. The van der Waals surface area contributed by atoms with E-state index in [4.69, 9.17) is 5.73 Å². The molecule has 1 unspecified atom stereocenters. The zero-order valence-electron chi connectivity index (χ0n) is 8.82. The van der Waals surface area contributed by atoms with Crippen molar-refractivity contribution in [3.63, 3.8) is 0 Å². The van der Waals surface area contributed by atoms with Gasteiger partial charge in [-0.1, -0.05) is 6.92 Å². The normalized spacial score (nSPS) is 21.5. The van der Waals surface area contributed by atoms with E-state index in [2.05, 4.69) is 0 Å². The first-order chi connectivity index (χ1) is 6.50. The fraction of sp³-hybridized carbons (Fsp3) is 0.800. The number of amides is 2. The molecule has 2 amide bonds. The van der Waals surface area contributed by atoms with Crippen LogP contribution >= 0.6 is 0 Å². The minimum absolute atomic E-state index is 0.0370. The van der Waals surface area contributed by atoms with Crippen molar-refractivity contribution in [2.24, 2.45) is 11.7 Å². The number of piperidine rings is 1. The first-order valence-corrected chi connectivity index (χ1v) is 5.09. The van der Waals surface area contributed by atoms with E-state index in [1.807, 2.05) is 13.8 Å². The Labute approximate surface area is 84.4 Å². The standard InChI is InChI=1S/C10H18N2O2/c1-7-5-9(13)12(10(14)6-7)4-3-8(2)11/h7-8H,3-6,11H2,1-2H3. The van der Waals surface area contributed by atoms with Crippen LogP contribution in [-0.2, 0) is 9.59 Å². The molecule has 0 aromatic heterocycles. The number of carbonyl (C=O) groups is 2. The third-order valence-corrected chi connectivity index (χ3v) is 2.46. The summed E-state index contributed by atoms with van der Waals surface area (Å²) in [6, 6.07) is 0.0370. The van der Waals surface area contributed by atoms with Gasteiger partial charge in [0.15, 0.2) is 0 Å². The fourth-order valence-electron chi connectivity index (χ4n) is 1.61. The minimum atomic E-state index is -0.0469. The summed E-state index contributed by atoms with van der Waals surface area (Å²) in [5.74, 6) is 0.102. The highest BCUT2D eigenvalue weighted by atomic mass is 16.2. The Morgan fingerprint density at radius 1 is 1.43 bits per heavy atom. The summed E-state index contributed by atoms with van der Waals surface area (Å²) in [6.07, 6.45) is 1.67. The van der Waals surface area contributed by atoms with Gasteiger partial charge in [0.2, 0.25) is 11.8 Å². The maximum absolute atomic E-state index is 11.5. The van der Waals surface area contributed by atoms with E-state index < -0.39 is 0 Å². The quantitative estimate of drug-likeness (QED) is 0.672. The van der Waals surface area contributed by atoms with Gasteiger partial charge in [-0.05, 0) is 19.3 Å². The van der Waals surface area contributed by atoms with Crippen LogP contribution in [0.1, 0.15) is 33.1 Å². The zero-order chi connectivity index (χ0) is 10.7. The van der Waals surface area contributed by atoms with Crippen LogP contribution in [0.2, 0.25) is 0 Å². The number of carbonyl (C=O) groups excluding carboxylic acids is 2. The molecular weight excluding hydrogens is 180 g/mol. The number of rotatable bonds is 3. The van der Waals surface area contributed by atoms with Gasteiger partial charge in [0.05, 0.1) is 0 Å². The Morgan fingerprint density at radius 3 is 2.36 bits per heavy atom. The van der Waals surface area contributed by atoms with Crippen LogP contribution in [0.25, 0.3) is 0 Å². The van der Waals surface area contributed by atoms with Gasteiger partial charge in [-0.2, -0.15) is 0 Å². The minimum Gasteiger partial charge on any atom is -0.328 e. The van der Waals surface area contributed by atoms with E-state index in [1.165, 1.54) is 4.90 Å². The molecule has 0 aliphatic carbocycles. The van der Waals surface area contributed by atoms with Crippen LogP contribution in [0.15, 0.2) is 0 Å². The lowest BCUT2D eigenvalue weighted by molar-refractivity contribution is -0.149. The summed E-state index contributed by atoms with van der Waals surface area (Å²) in [5.41, 5.74) is 5.58. The number of likely N-dealkylation sites (tertiary alicyclic amines) is 1. The molecule has 1 fully saturated rings. The Kier molecular flexibility index (Phi) is 3.63. The molecule has 0 aromatic carbocycles. The molecular formula is C10H18N2O2. The van der Waals surface area contributed by atoms with Crippen LogP contribution in [0.3, 0.4) is 0 Å². The van der Waals surface area contributed by atoms with Crippen molar-refractivity contribution in [3.05, 3.63) is 0 Å². The topological polar surface area (TPSA) is 63.4 Å². The van der Waals surface area contributed by atoms with E-state index in [9.17, 15) is 9.59 Å². The summed E-state index contributed by atoms with van der Waals surface area (Å²) in [6.45, 7) is 4.28. The molecule has 14 heavy (non-hydrogen) atoms. The molecule has 2 N–H and O–H groups in total. The largest absolute Gasteiger partial charge is 0.328 e. The van der Waals surface area contributed by atoms with E-state index in [-0.39, 0.29) is 23.8 Å². The lowest BCUT2D eigenvalue weighted by Crippen LogP contribution is -2.44. The van der Waals surface area contributed by atoms with Crippen molar-refractivity contribution in [2.45, 2.75) is 39.2 Å². The second kappa shape index (κ2) is 4.55. The van der Waals surface area contributed by atoms with Gasteiger partial charge >= 0.3 is 0 Å². The Hall–Kier alpha value is -0.900. The molecule has 80 valence electrons. The average molecular weight is 198 g/mol. The van der Waals surface area contributed by atoms with Crippen molar-refractivity contribution in [1.82, 2.24) is 4.90 Å². The summed E-state index contributed by atoms with van der Waals surface area (Å²) < 4.78 is 0. The van der Waals surface area contributed by atoms with E-state index in [0.29, 0.717) is 25.8 Å². The van der Waals surface area contributed by atoms with Gasteiger partial charge in [0.25, 0.3) is 0 Å². The molecule has 1 atom stereocenters. The van der Waals surface area contributed by atoms with Crippen LogP contribution in [0.4, 0.5) is 0 Å². The van der Waals surface area contributed by atoms with Crippen LogP contribution in [0.5, 0.6) is 0 Å². The maximum Gasteiger partial charge on any atom is 0.229 e. The Balaban J connectivity index is 2.50. The molecule has 0 spiro atoms. The van der Waals surface area contributed by atoms with E-state index >= 15 is 0 Å². The highest BCUT2D eigenvalue weighted by Gasteiger charge is 2.29. The smallest absolute Gasteiger partial charge is 0.229 e. The Bertz CT molecular complexity index is 220. The fourth-order valence-corrected chi connectivity index (χ4v) is 1.61. The molecule has 0 bridgehead atoms. The molecule has 0 aromatic rings. The first kappa shape index (κ1) is 11.2. The third kappa shape index (κ3) is 2.80. The van der Waals surface area contributed by atoms with Gasteiger partial charge < -0.3 is 5.73 Å². The van der Waals surface area contributed by atoms with Crippen molar-refractivity contribution in [2.75, 3.05) is 6.54 Å². The molecule has 1 aliphatic rings. The van der Waals surface area contributed by atoms with Gasteiger partial charge in [0, 0.05) is 25.4 Å².